The number of nitrogens with two attached hydrogens (primary N) is 1. The minimum absolute atomic E-state index is 0.533. The van der Waals surface area contributed by atoms with Crippen molar-refractivity contribution in [1.29, 1.82) is 0 Å². The quantitative estimate of drug-likeness (QED) is 0.908. The Labute approximate surface area is 104 Å². The molecule has 0 saturated heterocycles. The summed E-state index contributed by atoms with van der Waals surface area (Å²) in [5.41, 5.74) is 6.66. The van der Waals surface area contributed by atoms with E-state index in [2.05, 4.69) is 4.98 Å². The fourth-order valence-electron chi connectivity index (χ4n) is 1.28. The topological polar surface area (TPSA) is 38.9 Å². The number of hydrogen-bond acceptors (Lipinski definition) is 3. The normalized spacial score (nSPS) is 10.4. The Balaban J connectivity index is 2.20. The summed E-state index contributed by atoms with van der Waals surface area (Å²) in [6, 6.07) is 11.6. The third-order valence-corrected chi connectivity index (χ3v) is 3.21. The van der Waals surface area contributed by atoms with E-state index in [9.17, 15) is 0 Å². The number of rotatable bonds is 3. The van der Waals surface area contributed by atoms with E-state index < -0.39 is 0 Å². The molecule has 1 heterocycles. The fraction of sp³-hybridized carbons (Fsp3) is 0.0833. The van der Waals surface area contributed by atoms with Crippen molar-refractivity contribution < 1.29 is 0 Å². The molecule has 0 aliphatic carbocycles. The molecule has 2 N–H and O–H groups in total. The predicted molar refractivity (Wildman–Crippen MR) is 67.7 cm³/mol. The average molecular weight is 251 g/mol. The molecule has 0 aliphatic heterocycles. The van der Waals surface area contributed by atoms with Gasteiger partial charge in [0.15, 0.2) is 0 Å². The van der Waals surface area contributed by atoms with Crippen LogP contribution in [0.15, 0.2) is 52.5 Å². The van der Waals surface area contributed by atoms with Crippen LogP contribution in [-0.4, -0.2) is 4.98 Å². The second-order valence-corrected chi connectivity index (χ2v) is 4.80. The first-order valence-corrected chi connectivity index (χ1v) is 6.06. The third kappa shape index (κ3) is 2.98. The number of nitrogens with zero attached hydrogens (tertiary/aromatic N) is 1. The van der Waals surface area contributed by atoms with Gasteiger partial charge in [-0.1, -0.05) is 29.4 Å². The summed E-state index contributed by atoms with van der Waals surface area (Å²) in [5, 5.41) is 1.67. The number of halogens is 1. The molecule has 0 atom stereocenters. The van der Waals surface area contributed by atoms with Gasteiger partial charge in [0.2, 0.25) is 0 Å². The van der Waals surface area contributed by atoms with Crippen LogP contribution in [0.2, 0.25) is 5.02 Å². The SMILES string of the molecule is NCc1ccnc(Sc2cccc(Cl)c2)c1. The summed E-state index contributed by atoms with van der Waals surface area (Å²) >= 11 is 7.50. The van der Waals surface area contributed by atoms with E-state index in [1.54, 1.807) is 18.0 Å². The summed E-state index contributed by atoms with van der Waals surface area (Å²) in [6.45, 7) is 0.533. The minimum Gasteiger partial charge on any atom is -0.326 e. The molecule has 1 aromatic carbocycles. The second kappa shape index (κ2) is 5.34. The van der Waals surface area contributed by atoms with Crippen molar-refractivity contribution in [3.8, 4) is 0 Å². The highest BCUT2D eigenvalue weighted by molar-refractivity contribution is 7.99. The highest BCUT2D eigenvalue weighted by atomic mass is 35.5. The number of benzene rings is 1. The molecule has 2 nitrogen and oxygen atoms in total. The molecule has 0 bridgehead atoms. The Hall–Kier alpha value is -1.03. The monoisotopic (exact) mass is 250 g/mol. The van der Waals surface area contributed by atoms with Crippen LogP contribution in [0.1, 0.15) is 5.56 Å². The van der Waals surface area contributed by atoms with Crippen molar-refractivity contribution in [2.45, 2.75) is 16.5 Å². The van der Waals surface area contributed by atoms with E-state index in [0.717, 1.165) is 20.5 Å². The zero-order chi connectivity index (χ0) is 11.4. The molecular weight excluding hydrogens is 240 g/mol. The first-order chi connectivity index (χ1) is 7.78. The van der Waals surface area contributed by atoms with E-state index in [1.165, 1.54) is 0 Å². The highest BCUT2D eigenvalue weighted by Crippen LogP contribution is 2.28. The van der Waals surface area contributed by atoms with Gasteiger partial charge >= 0.3 is 0 Å². The molecule has 0 aliphatic rings. The highest BCUT2D eigenvalue weighted by Gasteiger charge is 2.00. The molecule has 2 rings (SSSR count). The minimum atomic E-state index is 0.533. The predicted octanol–water partition coefficient (Wildman–Crippen LogP) is 3.34. The summed E-state index contributed by atoms with van der Waals surface area (Å²) in [4.78, 5) is 5.35. The number of pyridine rings is 1. The molecule has 0 radical (unpaired) electrons. The average Bonchev–Trinajstić information content (AvgIpc) is 2.29. The molecule has 1 aromatic heterocycles. The summed E-state index contributed by atoms with van der Waals surface area (Å²) in [6.07, 6.45) is 1.77. The fourth-order valence-corrected chi connectivity index (χ4v) is 2.44. The molecule has 0 saturated carbocycles. The van der Waals surface area contributed by atoms with Crippen molar-refractivity contribution in [2.75, 3.05) is 0 Å². The van der Waals surface area contributed by atoms with Crippen LogP contribution in [-0.2, 0) is 6.54 Å². The van der Waals surface area contributed by atoms with Gasteiger partial charge in [0.05, 0.1) is 0 Å². The molecule has 82 valence electrons. The van der Waals surface area contributed by atoms with Gasteiger partial charge in [-0.05, 0) is 35.9 Å². The smallest absolute Gasteiger partial charge is 0.101 e. The van der Waals surface area contributed by atoms with Crippen molar-refractivity contribution in [3.05, 3.63) is 53.2 Å². The van der Waals surface area contributed by atoms with Crippen LogP contribution < -0.4 is 5.73 Å². The van der Waals surface area contributed by atoms with Crippen LogP contribution >= 0.6 is 23.4 Å². The van der Waals surface area contributed by atoms with Crippen molar-refractivity contribution in [2.24, 2.45) is 5.73 Å². The van der Waals surface area contributed by atoms with E-state index in [1.807, 2.05) is 36.4 Å². The molecule has 16 heavy (non-hydrogen) atoms. The van der Waals surface area contributed by atoms with Crippen LogP contribution in [0, 0.1) is 0 Å². The molecule has 4 heteroatoms. The van der Waals surface area contributed by atoms with Crippen LogP contribution in [0.25, 0.3) is 0 Å². The first-order valence-electron chi connectivity index (χ1n) is 4.86. The van der Waals surface area contributed by atoms with E-state index in [4.69, 9.17) is 17.3 Å². The van der Waals surface area contributed by atoms with Crippen molar-refractivity contribution >= 4 is 23.4 Å². The van der Waals surface area contributed by atoms with Gasteiger partial charge in [0.1, 0.15) is 5.03 Å². The number of hydrogen-bond donors (Lipinski definition) is 1. The molecule has 0 spiro atoms. The van der Waals surface area contributed by atoms with Gasteiger partial charge in [0.25, 0.3) is 0 Å². The van der Waals surface area contributed by atoms with Crippen molar-refractivity contribution in [3.63, 3.8) is 0 Å². The standard InChI is InChI=1S/C12H11ClN2S/c13-10-2-1-3-11(7-10)16-12-6-9(8-14)4-5-15-12/h1-7H,8,14H2. The second-order valence-electron chi connectivity index (χ2n) is 3.27. The maximum absolute atomic E-state index is 5.92. The van der Waals surface area contributed by atoms with Crippen molar-refractivity contribution in [1.82, 2.24) is 4.98 Å². The molecule has 0 fully saturated rings. The molecule has 0 amide bonds. The summed E-state index contributed by atoms with van der Waals surface area (Å²) in [5.74, 6) is 0. The molecular formula is C12H11ClN2S. The van der Waals surface area contributed by atoms with E-state index in [0.29, 0.717) is 6.54 Å². The van der Waals surface area contributed by atoms with Gasteiger partial charge in [-0.3, -0.25) is 0 Å². The van der Waals surface area contributed by atoms with Crippen LogP contribution in [0.3, 0.4) is 0 Å². The van der Waals surface area contributed by atoms with Gasteiger partial charge in [0, 0.05) is 22.7 Å². The number of aromatic nitrogens is 1. The lowest BCUT2D eigenvalue weighted by Crippen LogP contribution is -1.96. The Morgan fingerprint density at radius 1 is 1.25 bits per heavy atom. The Bertz CT molecular complexity index is 488. The Morgan fingerprint density at radius 2 is 2.12 bits per heavy atom. The van der Waals surface area contributed by atoms with Gasteiger partial charge in [-0.15, -0.1) is 0 Å². The maximum atomic E-state index is 5.92. The zero-order valence-electron chi connectivity index (χ0n) is 8.56. The van der Waals surface area contributed by atoms with Crippen LogP contribution in [0.4, 0.5) is 0 Å². The third-order valence-electron chi connectivity index (χ3n) is 2.05. The maximum Gasteiger partial charge on any atom is 0.101 e. The molecule has 0 unspecified atom stereocenters. The van der Waals surface area contributed by atoms with E-state index in [-0.39, 0.29) is 0 Å². The van der Waals surface area contributed by atoms with Gasteiger partial charge in [-0.25, -0.2) is 4.98 Å². The summed E-state index contributed by atoms with van der Waals surface area (Å²) < 4.78 is 0. The first kappa shape index (κ1) is 11.5. The van der Waals surface area contributed by atoms with Gasteiger partial charge < -0.3 is 5.73 Å². The lowest BCUT2D eigenvalue weighted by Gasteiger charge is -2.03. The largest absolute Gasteiger partial charge is 0.326 e. The zero-order valence-corrected chi connectivity index (χ0v) is 10.1. The summed E-state index contributed by atoms with van der Waals surface area (Å²) in [7, 11) is 0. The Morgan fingerprint density at radius 3 is 2.88 bits per heavy atom. The van der Waals surface area contributed by atoms with Crippen LogP contribution in [0.5, 0.6) is 0 Å². The lowest BCUT2D eigenvalue weighted by molar-refractivity contribution is 1.02. The van der Waals surface area contributed by atoms with E-state index >= 15 is 0 Å². The lowest BCUT2D eigenvalue weighted by atomic mass is 10.3. The molecule has 2 aromatic rings. The Kier molecular flexibility index (Phi) is 3.83. The van der Waals surface area contributed by atoms with Gasteiger partial charge in [-0.2, -0.15) is 0 Å².